The van der Waals surface area contributed by atoms with E-state index >= 15 is 0 Å². The van der Waals surface area contributed by atoms with Crippen molar-refractivity contribution in [1.82, 2.24) is 4.57 Å². The van der Waals surface area contributed by atoms with Crippen LogP contribution in [0.3, 0.4) is 0 Å². The first-order valence-electron chi connectivity index (χ1n) is 6.09. The molecule has 0 bridgehead atoms. The molecule has 98 valence electrons. The number of nitrogens with zero attached hydrogens (tertiary/aromatic N) is 1. The summed E-state index contributed by atoms with van der Waals surface area (Å²) in [6.07, 6.45) is 2.87. The molecule has 1 unspecified atom stereocenters. The van der Waals surface area contributed by atoms with E-state index in [0.29, 0.717) is 11.9 Å². The van der Waals surface area contributed by atoms with Gasteiger partial charge in [0, 0.05) is 17.6 Å². The van der Waals surface area contributed by atoms with Crippen LogP contribution in [-0.2, 0) is 6.42 Å². The molecule has 0 aliphatic carbocycles. The molecule has 1 aliphatic rings. The van der Waals surface area contributed by atoms with Gasteiger partial charge in [-0.1, -0.05) is 0 Å². The molecule has 2 heterocycles. The second-order valence-electron chi connectivity index (χ2n) is 4.93. The summed E-state index contributed by atoms with van der Waals surface area (Å²) in [4.78, 5) is 23.2. The van der Waals surface area contributed by atoms with E-state index < -0.39 is 17.2 Å². The number of aromatic nitrogens is 1. The molecule has 2 aromatic rings. The van der Waals surface area contributed by atoms with E-state index in [1.807, 2.05) is 6.92 Å². The lowest BCUT2D eigenvalue weighted by Gasteiger charge is -2.26. The number of carboxylic acid groups (broad SMARTS) is 1. The Labute approximate surface area is 108 Å². The van der Waals surface area contributed by atoms with Crippen LogP contribution in [0.4, 0.5) is 4.39 Å². The summed E-state index contributed by atoms with van der Waals surface area (Å²) < 4.78 is 15.3. The number of halogens is 1. The normalized spacial score (nSPS) is 17.7. The second-order valence-corrected chi connectivity index (χ2v) is 4.93. The molecule has 5 heteroatoms. The van der Waals surface area contributed by atoms with Crippen molar-refractivity contribution < 1.29 is 14.3 Å². The highest BCUT2D eigenvalue weighted by Crippen LogP contribution is 2.30. The molecule has 1 aromatic heterocycles. The molecule has 1 aliphatic heterocycles. The summed E-state index contributed by atoms with van der Waals surface area (Å²) in [6.45, 7) is 1.96. The van der Waals surface area contributed by atoms with Gasteiger partial charge in [0.25, 0.3) is 0 Å². The molecule has 1 aromatic carbocycles. The van der Waals surface area contributed by atoms with Gasteiger partial charge in [0.15, 0.2) is 0 Å². The Kier molecular flexibility index (Phi) is 2.45. The number of benzene rings is 1. The topological polar surface area (TPSA) is 59.3 Å². The summed E-state index contributed by atoms with van der Waals surface area (Å²) in [5.41, 5.74) is 0.503. The lowest BCUT2D eigenvalue weighted by atomic mass is 9.96. The molecular weight excluding hydrogens is 250 g/mol. The first-order chi connectivity index (χ1) is 8.99. The molecule has 0 fully saturated rings. The summed E-state index contributed by atoms with van der Waals surface area (Å²) >= 11 is 0. The Morgan fingerprint density at radius 2 is 2.21 bits per heavy atom. The molecular formula is C14H12FNO3. The van der Waals surface area contributed by atoms with Crippen molar-refractivity contribution in [2.45, 2.75) is 25.8 Å². The minimum atomic E-state index is -1.28. The summed E-state index contributed by atoms with van der Waals surface area (Å²) in [5.74, 6) is -1.78. The fourth-order valence-corrected chi connectivity index (χ4v) is 2.74. The first kappa shape index (κ1) is 11.9. The van der Waals surface area contributed by atoms with E-state index in [4.69, 9.17) is 5.11 Å². The maximum absolute atomic E-state index is 13.6. The van der Waals surface area contributed by atoms with E-state index in [1.165, 1.54) is 12.3 Å². The van der Waals surface area contributed by atoms with Gasteiger partial charge in [0.1, 0.15) is 11.4 Å². The molecule has 4 nitrogen and oxygen atoms in total. The predicted molar refractivity (Wildman–Crippen MR) is 68.2 cm³/mol. The maximum Gasteiger partial charge on any atom is 0.341 e. The van der Waals surface area contributed by atoms with E-state index in [0.717, 1.165) is 18.1 Å². The molecule has 0 saturated heterocycles. The van der Waals surface area contributed by atoms with E-state index in [2.05, 4.69) is 0 Å². The van der Waals surface area contributed by atoms with Crippen LogP contribution in [0, 0.1) is 5.82 Å². The lowest BCUT2D eigenvalue weighted by Crippen LogP contribution is -2.24. The van der Waals surface area contributed by atoms with Gasteiger partial charge in [-0.15, -0.1) is 0 Å². The number of aryl methyl sites for hydroxylation is 1. The van der Waals surface area contributed by atoms with E-state index in [9.17, 15) is 14.0 Å². The molecule has 1 atom stereocenters. The largest absolute Gasteiger partial charge is 0.477 e. The van der Waals surface area contributed by atoms with E-state index in [1.54, 1.807) is 4.57 Å². The highest BCUT2D eigenvalue weighted by Gasteiger charge is 2.23. The monoisotopic (exact) mass is 262 g/mol. The zero-order valence-electron chi connectivity index (χ0n) is 10.3. The van der Waals surface area contributed by atoms with Gasteiger partial charge in [-0.3, -0.25) is 4.79 Å². The van der Waals surface area contributed by atoms with Crippen LogP contribution in [0.15, 0.2) is 23.1 Å². The van der Waals surface area contributed by atoms with Crippen LogP contribution < -0.4 is 5.43 Å². The minimum Gasteiger partial charge on any atom is -0.477 e. The van der Waals surface area contributed by atoms with E-state index in [-0.39, 0.29) is 17.0 Å². The zero-order valence-corrected chi connectivity index (χ0v) is 10.3. The SMILES string of the molecule is CC1CCc2cc(F)cc3c(=O)c([13C](=O)O)cn1c23. The molecule has 0 saturated carbocycles. The molecule has 19 heavy (non-hydrogen) atoms. The summed E-state index contributed by atoms with van der Waals surface area (Å²) in [5, 5.41) is 9.24. The van der Waals surface area contributed by atoms with Gasteiger partial charge in [0.2, 0.25) is 5.43 Å². The van der Waals surface area contributed by atoms with Crippen molar-refractivity contribution in [2.75, 3.05) is 0 Å². The van der Waals surface area contributed by atoms with Crippen LogP contribution in [0.1, 0.15) is 35.3 Å². The number of pyridine rings is 1. The van der Waals surface area contributed by atoms with Crippen LogP contribution in [0.25, 0.3) is 10.9 Å². The first-order valence-corrected chi connectivity index (χ1v) is 6.09. The third-order valence-corrected chi connectivity index (χ3v) is 3.71. The summed E-state index contributed by atoms with van der Waals surface area (Å²) in [7, 11) is 0. The number of hydrogen-bond acceptors (Lipinski definition) is 2. The van der Waals surface area contributed by atoms with Crippen molar-refractivity contribution in [3.05, 3.63) is 45.5 Å². The fraction of sp³-hybridized carbons (Fsp3) is 0.286. The smallest absolute Gasteiger partial charge is 0.341 e. The highest BCUT2D eigenvalue weighted by atomic mass is 19.1. The quantitative estimate of drug-likeness (QED) is 0.802. The average Bonchev–Trinajstić information content (AvgIpc) is 2.35. The van der Waals surface area contributed by atoms with Crippen molar-refractivity contribution in [3.8, 4) is 0 Å². The predicted octanol–water partition coefficient (Wildman–Crippen LogP) is 2.35. The minimum absolute atomic E-state index is 0.0964. The number of carboxylic acids is 1. The Bertz CT molecular complexity index is 763. The van der Waals surface area contributed by atoms with Gasteiger partial charge >= 0.3 is 5.97 Å². The van der Waals surface area contributed by atoms with Crippen LogP contribution in [0.5, 0.6) is 0 Å². The number of aromatic carboxylic acids is 1. The zero-order chi connectivity index (χ0) is 13.7. The summed E-state index contributed by atoms with van der Waals surface area (Å²) in [6, 6.07) is 2.64. The molecule has 3 rings (SSSR count). The second kappa shape index (κ2) is 3.91. The molecule has 0 spiro atoms. The van der Waals surface area contributed by atoms with Crippen LogP contribution in [0.2, 0.25) is 0 Å². The van der Waals surface area contributed by atoms with Gasteiger partial charge in [0.05, 0.1) is 5.52 Å². The fourth-order valence-electron chi connectivity index (χ4n) is 2.74. The number of hydrogen-bond donors (Lipinski definition) is 1. The Morgan fingerprint density at radius 1 is 1.47 bits per heavy atom. The van der Waals surface area contributed by atoms with Gasteiger partial charge in [-0.05, 0) is 37.5 Å². The van der Waals surface area contributed by atoms with Crippen LogP contribution >= 0.6 is 0 Å². The number of rotatable bonds is 1. The van der Waals surface area contributed by atoms with Crippen molar-refractivity contribution in [1.29, 1.82) is 0 Å². The molecule has 1 N–H and O–H groups in total. The highest BCUT2D eigenvalue weighted by molar-refractivity contribution is 5.93. The Balaban J connectivity index is 2.53. The Hall–Kier alpha value is -2.17. The standard InChI is InChI=1S/C14H12FNO3/c1-7-2-3-8-4-9(15)5-10-12(8)16(7)6-11(13(10)17)14(18)19/h4-7H,2-3H2,1H3,(H,18,19)/i14+1. The Morgan fingerprint density at radius 3 is 2.89 bits per heavy atom. The van der Waals surface area contributed by atoms with Gasteiger partial charge in [-0.2, -0.15) is 0 Å². The average molecular weight is 262 g/mol. The van der Waals surface area contributed by atoms with Crippen molar-refractivity contribution >= 4 is 16.9 Å². The third-order valence-electron chi connectivity index (χ3n) is 3.71. The molecule has 0 radical (unpaired) electrons. The van der Waals surface area contributed by atoms with Gasteiger partial charge < -0.3 is 9.67 Å². The van der Waals surface area contributed by atoms with Crippen LogP contribution in [-0.4, -0.2) is 15.6 Å². The van der Waals surface area contributed by atoms with Crippen molar-refractivity contribution in [3.63, 3.8) is 0 Å². The molecule has 0 amide bonds. The number of carbonyl (C=O) groups is 1. The maximum atomic E-state index is 13.6. The third kappa shape index (κ3) is 1.65. The lowest BCUT2D eigenvalue weighted by molar-refractivity contribution is 0.0694. The van der Waals surface area contributed by atoms with Crippen molar-refractivity contribution in [2.24, 2.45) is 0 Å². The van der Waals surface area contributed by atoms with Gasteiger partial charge in [-0.25, -0.2) is 9.18 Å².